The first-order valence-electron chi connectivity index (χ1n) is 5.51. The Morgan fingerprint density at radius 3 is 2.61 bits per heavy atom. The van der Waals surface area contributed by atoms with E-state index in [9.17, 15) is 14.4 Å². The van der Waals surface area contributed by atoms with E-state index in [0.717, 1.165) is 5.75 Å². The summed E-state index contributed by atoms with van der Waals surface area (Å²) in [7, 11) is 0. The van der Waals surface area contributed by atoms with Gasteiger partial charge >= 0.3 is 18.0 Å². The lowest BCUT2D eigenvalue weighted by molar-refractivity contribution is -0.145. The van der Waals surface area contributed by atoms with Crippen molar-refractivity contribution in [1.82, 2.24) is 10.2 Å². The first kappa shape index (κ1) is 14.6. The SMILES string of the molecule is CC1CN(C(=O)N[C@H](CC(=O)O)C(=O)O)CCS1. The lowest BCUT2D eigenvalue weighted by atomic mass is 10.2. The topological polar surface area (TPSA) is 107 Å². The first-order chi connectivity index (χ1) is 8.40. The van der Waals surface area contributed by atoms with Crippen molar-refractivity contribution in [2.24, 2.45) is 0 Å². The number of carbonyl (C=O) groups excluding carboxylic acids is 1. The van der Waals surface area contributed by atoms with E-state index in [0.29, 0.717) is 18.3 Å². The van der Waals surface area contributed by atoms with Gasteiger partial charge < -0.3 is 20.4 Å². The monoisotopic (exact) mass is 276 g/mol. The molecule has 0 aliphatic carbocycles. The van der Waals surface area contributed by atoms with Crippen molar-refractivity contribution in [1.29, 1.82) is 0 Å². The molecule has 0 aromatic carbocycles. The summed E-state index contributed by atoms with van der Waals surface area (Å²) in [6, 6.07) is -1.91. The van der Waals surface area contributed by atoms with Crippen molar-refractivity contribution < 1.29 is 24.6 Å². The van der Waals surface area contributed by atoms with Crippen LogP contribution in [-0.4, -0.2) is 63.2 Å². The van der Waals surface area contributed by atoms with E-state index < -0.39 is 30.4 Å². The first-order valence-corrected chi connectivity index (χ1v) is 6.56. The number of rotatable bonds is 4. The average molecular weight is 276 g/mol. The minimum absolute atomic E-state index is 0.298. The standard InChI is InChI=1S/C10H16N2O5S/c1-6-5-12(2-3-18-6)10(17)11-7(9(15)16)4-8(13)14/h6-7H,2-5H2,1H3,(H,11,17)(H,13,14)(H,15,16)/t6?,7-/m1/s1. The second-order valence-corrected chi connectivity index (χ2v) is 5.61. The lowest BCUT2D eigenvalue weighted by Crippen LogP contribution is -2.51. The molecule has 0 aromatic heterocycles. The highest BCUT2D eigenvalue weighted by atomic mass is 32.2. The number of carbonyl (C=O) groups is 3. The van der Waals surface area contributed by atoms with E-state index in [1.54, 1.807) is 11.8 Å². The molecule has 102 valence electrons. The van der Waals surface area contributed by atoms with Gasteiger partial charge in [-0.25, -0.2) is 9.59 Å². The van der Waals surface area contributed by atoms with Crippen molar-refractivity contribution >= 4 is 29.7 Å². The van der Waals surface area contributed by atoms with Crippen LogP contribution in [0.2, 0.25) is 0 Å². The zero-order valence-corrected chi connectivity index (χ0v) is 10.8. The summed E-state index contributed by atoms with van der Waals surface area (Å²) >= 11 is 1.74. The Morgan fingerprint density at radius 2 is 2.11 bits per heavy atom. The smallest absolute Gasteiger partial charge is 0.326 e. The molecule has 3 N–H and O–H groups in total. The van der Waals surface area contributed by atoms with Crippen LogP contribution in [0.5, 0.6) is 0 Å². The summed E-state index contributed by atoms with van der Waals surface area (Å²) in [5.41, 5.74) is 0. The second-order valence-electron chi connectivity index (χ2n) is 4.07. The number of hydrogen-bond acceptors (Lipinski definition) is 4. The summed E-state index contributed by atoms with van der Waals surface area (Å²) in [6.45, 7) is 3.06. The molecule has 1 aliphatic heterocycles. The summed E-state index contributed by atoms with van der Waals surface area (Å²) in [4.78, 5) is 34.6. The van der Waals surface area contributed by atoms with Crippen molar-refractivity contribution in [2.75, 3.05) is 18.8 Å². The molecule has 7 nitrogen and oxygen atoms in total. The van der Waals surface area contributed by atoms with Gasteiger partial charge in [-0.15, -0.1) is 0 Å². The van der Waals surface area contributed by atoms with Gasteiger partial charge in [0.05, 0.1) is 6.42 Å². The number of thioether (sulfide) groups is 1. The molecular weight excluding hydrogens is 260 g/mol. The molecule has 1 aliphatic rings. The largest absolute Gasteiger partial charge is 0.481 e. The van der Waals surface area contributed by atoms with E-state index in [4.69, 9.17) is 10.2 Å². The van der Waals surface area contributed by atoms with Crippen LogP contribution in [0.3, 0.4) is 0 Å². The quantitative estimate of drug-likeness (QED) is 0.670. The maximum Gasteiger partial charge on any atom is 0.326 e. The second kappa shape index (κ2) is 6.48. The third kappa shape index (κ3) is 4.44. The number of nitrogens with zero attached hydrogens (tertiary/aromatic N) is 1. The Hall–Kier alpha value is -1.44. The number of nitrogens with one attached hydrogen (secondary N) is 1. The Kier molecular flexibility index (Phi) is 5.26. The fraction of sp³-hybridized carbons (Fsp3) is 0.700. The number of amides is 2. The van der Waals surface area contributed by atoms with Crippen molar-refractivity contribution in [2.45, 2.75) is 24.6 Å². The van der Waals surface area contributed by atoms with Gasteiger partial charge in [-0.3, -0.25) is 4.79 Å². The third-order valence-corrected chi connectivity index (χ3v) is 3.64. The fourth-order valence-electron chi connectivity index (χ4n) is 1.62. The fourth-order valence-corrected chi connectivity index (χ4v) is 2.63. The molecule has 0 bridgehead atoms. The Labute approximate surface area is 109 Å². The highest BCUT2D eigenvalue weighted by molar-refractivity contribution is 7.99. The highest BCUT2D eigenvalue weighted by Gasteiger charge is 2.27. The number of aliphatic carboxylic acids is 2. The molecule has 1 rings (SSSR count). The summed E-state index contributed by atoms with van der Waals surface area (Å²) in [5, 5.41) is 19.9. The van der Waals surface area contributed by atoms with Crippen LogP contribution >= 0.6 is 11.8 Å². The maximum absolute atomic E-state index is 11.8. The molecule has 0 aromatic rings. The molecule has 0 spiro atoms. The Morgan fingerprint density at radius 1 is 1.44 bits per heavy atom. The van der Waals surface area contributed by atoms with Gasteiger partial charge in [0.25, 0.3) is 0 Å². The van der Waals surface area contributed by atoms with E-state index in [2.05, 4.69) is 5.32 Å². The Balaban J connectivity index is 2.54. The third-order valence-electron chi connectivity index (χ3n) is 2.50. The van der Waals surface area contributed by atoms with E-state index in [1.807, 2.05) is 6.92 Å². The summed E-state index contributed by atoms with van der Waals surface area (Å²) in [6.07, 6.45) is -0.626. The van der Waals surface area contributed by atoms with Crippen LogP contribution in [-0.2, 0) is 9.59 Å². The summed E-state index contributed by atoms with van der Waals surface area (Å²) < 4.78 is 0. The van der Waals surface area contributed by atoms with E-state index in [-0.39, 0.29) is 0 Å². The van der Waals surface area contributed by atoms with Crippen molar-refractivity contribution in [3.63, 3.8) is 0 Å². The molecule has 0 radical (unpaired) electrons. The molecule has 2 atom stereocenters. The van der Waals surface area contributed by atoms with Crippen LogP contribution < -0.4 is 5.32 Å². The molecule has 1 fully saturated rings. The van der Waals surface area contributed by atoms with Crippen LogP contribution in [0.1, 0.15) is 13.3 Å². The van der Waals surface area contributed by atoms with E-state index >= 15 is 0 Å². The Bertz CT molecular complexity index is 349. The number of carboxylic acids is 2. The van der Waals surface area contributed by atoms with Gasteiger partial charge in [0.2, 0.25) is 0 Å². The molecule has 1 unspecified atom stereocenters. The summed E-state index contributed by atoms with van der Waals surface area (Å²) in [5.74, 6) is -1.80. The molecule has 18 heavy (non-hydrogen) atoms. The van der Waals surface area contributed by atoms with Gasteiger partial charge in [-0.1, -0.05) is 6.92 Å². The molecule has 2 amide bonds. The molecular formula is C10H16N2O5S. The maximum atomic E-state index is 11.8. The van der Waals surface area contributed by atoms with Gasteiger partial charge in [0, 0.05) is 24.1 Å². The minimum Gasteiger partial charge on any atom is -0.481 e. The zero-order valence-electron chi connectivity index (χ0n) is 9.96. The van der Waals surface area contributed by atoms with Gasteiger partial charge in [0.1, 0.15) is 6.04 Å². The number of urea groups is 1. The lowest BCUT2D eigenvalue weighted by Gasteiger charge is -2.31. The molecule has 8 heteroatoms. The highest BCUT2D eigenvalue weighted by Crippen LogP contribution is 2.17. The molecule has 1 heterocycles. The normalized spacial score (nSPS) is 21.2. The minimum atomic E-state index is -1.39. The van der Waals surface area contributed by atoms with Crippen LogP contribution in [0.4, 0.5) is 4.79 Å². The van der Waals surface area contributed by atoms with Gasteiger partial charge in [0.15, 0.2) is 0 Å². The van der Waals surface area contributed by atoms with Crippen LogP contribution in [0, 0.1) is 0 Å². The molecule has 1 saturated heterocycles. The predicted octanol–water partition coefficient (Wildman–Crippen LogP) is 0.0612. The zero-order chi connectivity index (χ0) is 13.7. The molecule has 0 saturated carbocycles. The number of hydrogen-bond donors (Lipinski definition) is 3. The van der Waals surface area contributed by atoms with Gasteiger partial charge in [-0.05, 0) is 0 Å². The van der Waals surface area contributed by atoms with Crippen LogP contribution in [0.15, 0.2) is 0 Å². The van der Waals surface area contributed by atoms with Crippen LogP contribution in [0.25, 0.3) is 0 Å². The van der Waals surface area contributed by atoms with Gasteiger partial charge in [-0.2, -0.15) is 11.8 Å². The number of carboxylic acid groups (broad SMARTS) is 2. The van der Waals surface area contributed by atoms with E-state index in [1.165, 1.54) is 4.90 Å². The van der Waals surface area contributed by atoms with Crippen molar-refractivity contribution in [3.05, 3.63) is 0 Å². The predicted molar refractivity (Wildman–Crippen MR) is 65.7 cm³/mol. The van der Waals surface area contributed by atoms with Crippen molar-refractivity contribution in [3.8, 4) is 0 Å². The average Bonchev–Trinajstić information content (AvgIpc) is 2.27.